The van der Waals surface area contributed by atoms with Gasteiger partial charge in [-0.05, 0) is 54.3 Å². The minimum Gasteiger partial charge on any atom is -0.497 e. The standard InChI is InChI=1S/C16H16BrFO/c1-11-9-14(19-2)7-8-15(11)16(17)10-12-3-5-13(18)6-4-12/h3-9,16H,10H2,1-2H3. The lowest BCUT2D eigenvalue weighted by Gasteiger charge is -2.14. The number of alkyl halides is 1. The molecule has 19 heavy (non-hydrogen) atoms. The van der Waals surface area contributed by atoms with Crippen LogP contribution >= 0.6 is 15.9 Å². The van der Waals surface area contributed by atoms with E-state index in [-0.39, 0.29) is 10.6 Å². The maximum absolute atomic E-state index is 12.9. The highest BCUT2D eigenvalue weighted by Gasteiger charge is 2.12. The quantitative estimate of drug-likeness (QED) is 0.733. The minimum atomic E-state index is -0.199. The number of hydrogen-bond acceptors (Lipinski definition) is 1. The molecule has 100 valence electrons. The second kappa shape index (κ2) is 6.20. The van der Waals surface area contributed by atoms with Gasteiger partial charge in [0.25, 0.3) is 0 Å². The molecular weight excluding hydrogens is 307 g/mol. The number of halogens is 2. The molecule has 0 aromatic heterocycles. The molecule has 1 atom stereocenters. The first-order valence-electron chi connectivity index (χ1n) is 6.13. The lowest BCUT2D eigenvalue weighted by atomic mass is 10.0. The molecule has 0 bridgehead atoms. The average molecular weight is 323 g/mol. The Labute approximate surface area is 121 Å². The first kappa shape index (κ1) is 14.1. The summed E-state index contributed by atoms with van der Waals surface area (Å²) < 4.78 is 18.1. The average Bonchev–Trinajstić information content (AvgIpc) is 2.41. The zero-order chi connectivity index (χ0) is 13.8. The van der Waals surface area contributed by atoms with Gasteiger partial charge in [0.15, 0.2) is 0 Å². The van der Waals surface area contributed by atoms with E-state index in [1.54, 1.807) is 7.11 Å². The van der Waals surface area contributed by atoms with Crippen LogP contribution in [0.25, 0.3) is 0 Å². The van der Waals surface area contributed by atoms with Crippen molar-refractivity contribution in [3.63, 3.8) is 0 Å². The van der Waals surface area contributed by atoms with Gasteiger partial charge in [0.1, 0.15) is 11.6 Å². The van der Waals surface area contributed by atoms with Crippen molar-refractivity contribution < 1.29 is 9.13 Å². The molecule has 0 aliphatic heterocycles. The third-order valence-electron chi connectivity index (χ3n) is 3.14. The molecule has 0 spiro atoms. The Morgan fingerprint density at radius 1 is 1.16 bits per heavy atom. The molecule has 2 aromatic rings. The van der Waals surface area contributed by atoms with Crippen LogP contribution in [0.3, 0.4) is 0 Å². The summed E-state index contributed by atoms with van der Waals surface area (Å²) in [6.45, 7) is 2.07. The van der Waals surface area contributed by atoms with Crippen molar-refractivity contribution in [1.29, 1.82) is 0 Å². The van der Waals surface area contributed by atoms with Gasteiger partial charge in [-0.1, -0.05) is 34.1 Å². The van der Waals surface area contributed by atoms with Crippen LogP contribution in [0.5, 0.6) is 5.75 Å². The summed E-state index contributed by atoms with van der Waals surface area (Å²) in [5.41, 5.74) is 3.52. The summed E-state index contributed by atoms with van der Waals surface area (Å²) in [6.07, 6.45) is 0.827. The Bertz CT molecular complexity index is 551. The molecule has 0 amide bonds. The predicted molar refractivity (Wildman–Crippen MR) is 79.5 cm³/mol. The molecule has 0 saturated carbocycles. The van der Waals surface area contributed by atoms with E-state index in [0.29, 0.717) is 0 Å². The fourth-order valence-electron chi connectivity index (χ4n) is 2.06. The zero-order valence-electron chi connectivity index (χ0n) is 11.0. The zero-order valence-corrected chi connectivity index (χ0v) is 12.6. The smallest absolute Gasteiger partial charge is 0.123 e. The van der Waals surface area contributed by atoms with Crippen LogP contribution < -0.4 is 4.74 Å². The first-order valence-corrected chi connectivity index (χ1v) is 7.05. The van der Waals surface area contributed by atoms with Gasteiger partial charge >= 0.3 is 0 Å². The number of hydrogen-bond donors (Lipinski definition) is 0. The van der Waals surface area contributed by atoms with Crippen molar-refractivity contribution in [1.82, 2.24) is 0 Å². The van der Waals surface area contributed by atoms with E-state index in [0.717, 1.165) is 17.7 Å². The van der Waals surface area contributed by atoms with Gasteiger partial charge < -0.3 is 4.74 Å². The highest BCUT2D eigenvalue weighted by molar-refractivity contribution is 9.09. The second-order valence-corrected chi connectivity index (χ2v) is 5.63. The number of methoxy groups -OCH3 is 1. The van der Waals surface area contributed by atoms with Crippen LogP contribution in [0.1, 0.15) is 21.5 Å². The summed E-state index contributed by atoms with van der Waals surface area (Å²) >= 11 is 3.70. The third kappa shape index (κ3) is 3.57. The van der Waals surface area contributed by atoms with Gasteiger partial charge in [0, 0.05) is 4.83 Å². The SMILES string of the molecule is COc1ccc(C(Br)Cc2ccc(F)cc2)c(C)c1. The van der Waals surface area contributed by atoms with Crippen molar-refractivity contribution in [3.8, 4) is 5.75 Å². The van der Waals surface area contributed by atoms with Crippen molar-refractivity contribution in [2.75, 3.05) is 7.11 Å². The van der Waals surface area contributed by atoms with E-state index < -0.39 is 0 Å². The maximum Gasteiger partial charge on any atom is 0.123 e. The molecule has 0 N–H and O–H groups in total. The monoisotopic (exact) mass is 322 g/mol. The summed E-state index contributed by atoms with van der Waals surface area (Å²) in [4.78, 5) is 0.212. The fraction of sp³-hybridized carbons (Fsp3) is 0.250. The van der Waals surface area contributed by atoms with Crippen molar-refractivity contribution >= 4 is 15.9 Å². The lowest BCUT2D eigenvalue weighted by Crippen LogP contribution is -1.98. The van der Waals surface area contributed by atoms with Gasteiger partial charge in [-0.3, -0.25) is 0 Å². The van der Waals surface area contributed by atoms with Crippen molar-refractivity contribution in [2.45, 2.75) is 18.2 Å². The molecule has 1 nitrogen and oxygen atoms in total. The van der Waals surface area contributed by atoms with Gasteiger partial charge in [-0.2, -0.15) is 0 Å². The Balaban J connectivity index is 2.15. The van der Waals surface area contributed by atoms with Crippen LogP contribution in [-0.4, -0.2) is 7.11 Å². The van der Waals surface area contributed by atoms with Gasteiger partial charge in [0.2, 0.25) is 0 Å². The van der Waals surface area contributed by atoms with E-state index in [9.17, 15) is 4.39 Å². The number of aryl methyl sites for hydroxylation is 1. The topological polar surface area (TPSA) is 9.23 Å². The Morgan fingerprint density at radius 2 is 1.84 bits per heavy atom. The van der Waals surface area contributed by atoms with Crippen molar-refractivity contribution in [2.24, 2.45) is 0 Å². The lowest BCUT2D eigenvalue weighted by molar-refractivity contribution is 0.414. The molecule has 0 saturated heterocycles. The molecule has 0 aliphatic carbocycles. The number of rotatable bonds is 4. The Hall–Kier alpha value is -1.35. The predicted octanol–water partition coefficient (Wildman–Crippen LogP) is 4.82. The van der Waals surface area contributed by atoms with Gasteiger partial charge in [-0.25, -0.2) is 4.39 Å². The number of ether oxygens (including phenoxy) is 1. The Morgan fingerprint density at radius 3 is 2.42 bits per heavy atom. The number of benzene rings is 2. The summed E-state index contributed by atoms with van der Waals surface area (Å²) in [5.74, 6) is 0.665. The van der Waals surface area contributed by atoms with E-state index in [4.69, 9.17) is 4.74 Å². The fourth-order valence-corrected chi connectivity index (χ4v) is 2.95. The second-order valence-electron chi connectivity index (χ2n) is 4.52. The van der Waals surface area contributed by atoms with Gasteiger partial charge in [-0.15, -0.1) is 0 Å². The van der Waals surface area contributed by atoms with Crippen LogP contribution in [0.4, 0.5) is 4.39 Å². The molecule has 0 heterocycles. The van der Waals surface area contributed by atoms with E-state index >= 15 is 0 Å². The van der Waals surface area contributed by atoms with E-state index in [1.807, 2.05) is 24.3 Å². The molecule has 1 unspecified atom stereocenters. The van der Waals surface area contributed by atoms with Crippen LogP contribution in [-0.2, 0) is 6.42 Å². The van der Waals surface area contributed by atoms with Gasteiger partial charge in [0.05, 0.1) is 7.11 Å². The van der Waals surface area contributed by atoms with E-state index in [2.05, 4.69) is 28.9 Å². The molecule has 0 radical (unpaired) electrons. The molecule has 3 heteroatoms. The molecule has 2 aromatic carbocycles. The summed E-state index contributed by atoms with van der Waals surface area (Å²) in [7, 11) is 1.67. The van der Waals surface area contributed by atoms with E-state index in [1.165, 1.54) is 23.3 Å². The van der Waals surface area contributed by atoms with Crippen LogP contribution in [0, 0.1) is 12.7 Å². The molecular formula is C16H16BrFO. The largest absolute Gasteiger partial charge is 0.497 e. The van der Waals surface area contributed by atoms with Crippen molar-refractivity contribution in [3.05, 3.63) is 65.0 Å². The third-order valence-corrected chi connectivity index (χ3v) is 3.96. The maximum atomic E-state index is 12.9. The molecule has 0 fully saturated rings. The van der Waals surface area contributed by atoms with Crippen LogP contribution in [0.15, 0.2) is 42.5 Å². The minimum absolute atomic E-state index is 0.199. The molecule has 0 aliphatic rings. The summed E-state index contributed by atoms with van der Waals surface area (Å²) in [6, 6.07) is 12.7. The highest BCUT2D eigenvalue weighted by Crippen LogP contribution is 2.31. The molecule has 2 rings (SSSR count). The highest BCUT2D eigenvalue weighted by atomic mass is 79.9. The Kier molecular flexibility index (Phi) is 4.59. The normalized spacial score (nSPS) is 12.2. The first-order chi connectivity index (χ1) is 9.10. The van der Waals surface area contributed by atoms with Crippen LogP contribution in [0.2, 0.25) is 0 Å². The summed E-state index contributed by atoms with van der Waals surface area (Å²) in [5, 5.41) is 0.